The summed E-state index contributed by atoms with van der Waals surface area (Å²) in [6.45, 7) is 5.61. The van der Waals surface area contributed by atoms with Crippen LogP contribution < -0.4 is 10.6 Å². The first kappa shape index (κ1) is 22.1. The maximum atomic E-state index is 12.5. The fraction of sp³-hybridized carbons (Fsp3) is 0.429. The molecule has 8 heteroatoms. The third kappa shape index (κ3) is 6.74. The van der Waals surface area contributed by atoms with Crippen LogP contribution in [0.3, 0.4) is 0 Å². The predicted octanol–water partition coefficient (Wildman–Crippen LogP) is 1.81. The van der Waals surface area contributed by atoms with Gasteiger partial charge >= 0.3 is 5.97 Å². The second kappa shape index (κ2) is 10.4. The van der Waals surface area contributed by atoms with Crippen molar-refractivity contribution in [1.29, 1.82) is 0 Å². The minimum atomic E-state index is -0.825. The topological polar surface area (TPSA) is 102 Å². The third-order valence-corrected chi connectivity index (χ3v) is 4.33. The molecule has 0 aliphatic heterocycles. The largest absolute Gasteiger partial charge is 0.459 e. The van der Waals surface area contributed by atoms with Crippen molar-refractivity contribution in [2.75, 3.05) is 0 Å². The molecule has 2 atom stereocenters. The van der Waals surface area contributed by atoms with Gasteiger partial charge in [-0.05, 0) is 30.9 Å². The Morgan fingerprint density at radius 1 is 1.07 bits per heavy atom. The summed E-state index contributed by atoms with van der Waals surface area (Å²) >= 11 is 0. The van der Waals surface area contributed by atoms with E-state index in [1.54, 1.807) is 20.0 Å². The van der Waals surface area contributed by atoms with Gasteiger partial charge in [-0.25, -0.2) is 4.79 Å². The van der Waals surface area contributed by atoms with Crippen LogP contribution in [-0.2, 0) is 28.0 Å². The van der Waals surface area contributed by atoms with Crippen LogP contribution in [0, 0.1) is 5.92 Å². The number of hydrogen-bond acceptors (Lipinski definition) is 5. The number of ether oxygens (including phenoxy) is 1. The van der Waals surface area contributed by atoms with Gasteiger partial charge in [-0.3, -0.25) is 14.3 Å². The summed E-state index contributed by atoms with van der Waals surface area (Å²) in [6.07, 6.45) is 1.93. The first-order valence-electron chi connectivity index (χ1n) is 9.57. The van der Waals surface area contributed by atoms with Gasteiger partial charge < -0.3 is 15.4 Å². The van der Waals surface area contributed by atoms with Gasteiger partial charge in [-0.1, -0.05) is 44.2 Å². The highest BCUT2D eigenvalue weighted by Crippen LogP contribution is 2.09. The Kier molecular flexibility index (Phi) is 7.94. The molecule has 0 radical (unpaired) electrons. The Morgan fingerprint density at radius 2 is 1.76 bits per heavy atom. The molecular formula is C21H28N4O4. The van der Waals surface area contributed by atoms with Gasteiger partial charge in [-0.15, -0.1) is 0 Å². The van der Waals surface area contributed by atoms with E-state index in [4.69, 9.17) is 4.74 Å². The van der Waals surface area contributed by atoms with Gasteiger partial charge in [0.2, 0.25) is 5.91 Å². The van der Waals surface area contributed by atoms with Crippen molar-refractivity contribution in [3.63, 3.8) is 0 Å². The van der Waals surface area contributed by atoms with E-state index in [1.165, 1.54) is 10.9 Å². The minimum Gasteiger partial charge on any atom is -0.459 e. The molecule has 2 N–H and O–H groups in total. The number of aryl methyl sites for hydroxylation is 1. The van der Waals surface area contributed by atoms with Crippen LogP contribution in [0.15, 0.2) is 42.6 Å². The van der Waals surface area contributed by atoms with E-state index >= 15 is 0 Å². The highest BCUT2D eigenvalue weighted by Gasteiger charge is 2.26. The van der Waals surface area contributed by atoms with Crippen molar-refractivity contribution in [3.05, 3.63) is 53.9 Å². The predicted molar refractivity (Wildman–Crippen MR) is 108 cm³/mol. The van der Waals surface area contributed by atoms with E-state index < -0.39 is 29.9 Å². The van der Waals surface area contributed by atoms with Crippen molar-refractivity contribution < 1.29 is 19.1 Å². The van der Waals surface area contributed by atoms with Crippen LogP contribution in [0.4, 0.5) is 0 Å². The number of carbonyl (C=O) groups is 3. The highest BCUT2D eigenvalue weighted by molar-refractivity contribution is 5.96. The molecule has 29 heavy (non-hydrogen) atoms. The molecule has 156 valence electrons. The summed E-state index contributed by atoms with van der Waals surface area (Å²) in [5, 5.41) is 9.25. The first-order valence-corrected chi connectivity index (χ1v) is 9.57. The molecule has 1 heterocycles. The SMILES string of the molecule is CC(C)CC(NC(=O)C(C)NC(=O)c1ccnn1C)C(=O)OCc1ccccc1. The molecule has 0 aliphatic carbocycles. The van der Waals surface area contributed by atoms with Crippen LogP contribution in [0.1, 0.15) is 43.2 Å². The molecule has 8 nitrogen and oxygen atoms in total. The smallest absolute Gasteiger partial charge is 0.328 e. The fourth-order valence-electron chi connectivity index (χ4n) is 2.74. The van der Waals surface area contributed by atoms with Crippen LogP contribution >= 0.6 is 0 Å². The molecule has 0 bridgehead atoms. The molecule has 0 saturated carbocycles. The first-order chi connectivity index (χ1) is 13.8. The number of aromatic nitrogens is 2. The maximum absolute atomic E-state index is 12.5. The molecule has 0 saturated heterocycles. The molecule has 2 amide bonds. The number of hydrogen-bond donors (Lipinski definition) is 2. The Balaban J connectivity index is 1.94. The van der Waals surface area contributed by atoms with Gasteiger partial charge in [0, 0.05) is 13.2 Å². The van der Waals surface area contributed by atoms with Gasteiger partial charge in [-0.2, -0.15) is 5.10 Å². The number of esters is 1. The quantitative estimate of drug-likeness (QED) is 0.625. The molecule has 0 fully saturated rings. The van der Waals surface area contributed by atoms with Crippen LogP contribution in [0.2, 0.25) is 0 Å². The Hall–Kier alpha value is -3.16. The lowest BCUT2D eigenvalue weighted by atomic mass is 10.0. The number of nitrogens with zero attached hydrogens (tertiary/aromatic N) is 2. The fourth-order valence-corrected chi connectivity index (χ4v) is 2.74. The van der Waals surface area contributed by atoms with Crippen LogP contribution in [-0.4, -0.2) is 39.6 Å². The lowest BCUT2D eigenvalue weighted by molar-refractivity contribution is -0.149. The highest BCUT2D eigenvalue weighted by atomic mass is 16.5. The number of rotatable bonds is 9. The summed E-state index contributed by atoms with van der Waals surface area (Å²) in [5.41, 5.74) is 1.21. The van der Waals surface area contributed by atoms with Crippen LogP contribution in [0.25, 0.3) is 0 Å². The van der Waals surface area contributed by atoms with E-state index in [0.717, 1.165) is 5.56 Å². The zero-order chi connectivity index (χ0) is 21.4. The second-order valence-electron chi connectivity index (χ2n) is 7.32. The lowest BCUT2D eigenvalue weighted by Crippen LogP contribution is -2.51. The van der Waals surface area contributed by atoms with Gasteiger partial charge in [0.05, 0.1) is 0 Å². The van der Waals surface area contributed by atoms with Gasteiger partial charge in [0.25, 0.3) is 5.91 Å². The number of nitrogens with one attached hydrogen (secondary N) is 2. The Morgan fingerprint density at radius 3 is 2.34 bits per heavy atom. The van der Waals surface area contributed by atoms with Gasteiger partial charge in [0.15, 0.2) is 0 Å². The van der Waals surface area contributed by atoms with Gasteiger partial charge in [0.1, 0.15) is 24.4 Å². The van der Waals surface area contributed by atoms with Crippen molar-refractivity contribution >= 4 is 17.8 Å². The Labute approximate surface area is 170 Å². The van der Waals surface area contributed by atoms with Crippen molar-refractivity contribution in [3.8, 4) is 0 Å². The molecule has 2 aromatic rings. The van der Waals surface area contributed by atoms with Crippen molar-refractivity contribution in [1.82, 2.24) is 20.4 Å². The van der Waals surface area contributed by atoms with Crippen molar-refractivity contribution in [2.45, 2.75) is 45.9 Å². The summed E-state index contributed by atoms with van der Waals surface area (Å²) in [4.78, 5) is 37.3. The zero-order valence-electron chi connectivity index (χ0n) is 17.2. The lowest BCUT2D eigenvalue weighted by Gasteiger charge is -2.22. The van der Waals surface area contributed by atoms with E-state index in [2.05, 4.69) is 15.7 Å². The number of benzene rings is 1. The zero-order valence-corrected chi connectivity index (χ0v) is 17.2. The van der Waals surface area contributed by atoms with Crippen LogP contribution in [0.5, 0.6) is 0 Å². The monoisotopic (exact) mass is 400 g/mol. The molecule has 1 aromatic heterocycles. The number of carbonyl (C=O) groups excluding carboxylic acids is 3. The molecule has 1 aromatic carbocycles. The standard InChI is InChI=1S/C21H28N4O4/c1-14(2)12-17(21(28)29-13-16-8-6-5-7-9-16)24-19(26)15(3)23-20(27)18-10-11-22-25(18)4/h5-11,14-15,17H,12-13H2,1-4H3,(H,23,27)(H,24,26). The van der Waals surface area contributed by atoms with E-state index in [0.29, 0.717) is 12.1 Å². The molecule has 2 rings (SSSR count). The van der Waals surface area contributed by atoms with Crippen molar-refractivity contribution in [2.24, 2.45) is 13.0 Å². The average molecular weight is 400 g/mol. The normalized spacial score (nSPS) is 12.9. The van der Waals surface area contributed by atoms with E-state index in [1.807, 2.05) is 44.2 Å². The van der Waals surface area contributed by atoms with E-state index in [-0.39, 0.29) is 12.5 Å². The molecule has 2 unspecified atom stereocenters. The molecule has 0 spiro atoms. The molecular weight excluding hydrogens is 372 g/mol. The summed E-state index contributed by atoms with van der Waals surface area (Å²) in [7, 11) is 1.64. The average Bonchev–Trinajstić information content (AvgIpc) is 3.12. The summed E-state index contributed by atoms with van der Waals surface area (Å²) < 4.78 is 6.79. The minimum absolute atomic E-state index is 0.136. The maximum Gasteiger partial charge on any atom is 0.328 e. The Bertz CT molecular complexity index is 832. The third-order valence-electron chi connectivity index (χ3n) is 4.33. The second-order valence-corrected chi connectivity index (χ2v) is 7.32. The summed E-state index contributed by atoms with van der Waals surface area (Å²) in [5.74, 6) is -1.20. The van der Waals surface area contributed by atoms with E-state index in [9.17, 15) is 14.4 Å². The molecule has 0 aliphatic rings. The summed E-state index contributed by atoms with van der Waals surface area (Å²) in [6, 6.07) is 9.28. The number of amides is 2.